The minimum atomic E-state index is -3.56. The fourth-order valence-electron chi connectivity index (χ4n) is 18.6. The SMILES string of the molecule is O=P(c1ccccc1)(c1ccc([Si](c2ccccc2)(c2ccccc2)c2ccc(-n3c4ccccc4c4cc(-n5c6ccccc6c6ccccc65)ccc43)cc2)cc1)c1ccc([Si](c2ccccc2)(c2ccccc2)c2ccc(-n3c4ccccc4c4cc(-n5c6ccccc6c6ccccc65)ccc43)cc2)cc1. The van der Waals surface area contributed by atoms with Crippen LogP contribution in [0.5, 0.6) is 0 Å². The topological polar surface area (TPSA) is 36.8 Å². The average molecular weight is 1460 g/mol. The van der Waals surface area contributed by atoms with Gasteiger partial charge in [0.05, 0.1) is 44.1 Å². The van der Waals surface area contributed by atoms with Crippen LogP contribution in [0.15, 0.2) is 431 Å². The summed E-state index contributed by atoms with van der Waals surface area (Å²) in [5.41, 5.74) is 13.8. The molecule has 0 aliphatic rings. The number of rotatable bonds is 15. The summed E-state index contributed by atoms with van der Waals surface area (Å²) in [6, 6.07) is 158. The second-order valence-electron chi connectivity index (χ2n) is 28.9. The lowest BCUT2D eigenvalue weighted by Gasteiger charge is -2.35. The van der Waals surface area contributed by atoms with Crippen molar-refractivity contribution in [3.63, 3.8) is 0 Å². The molecule has 0 N–H and O–H groups in total. The van der Waals surface area contributed by atoms with E-state index in [0.717, 1.165) is 60.7 Å². The van der Waals surface area contributed by atoms with Gasteiger partial charge in [-0.15, -0.1) is 0 Å². The largest absolute Gasteiger partial charge is 0.309 e. The van der Waals surface area contributed by atoms with Gasteiger partial charge in [0.25, 0.3) is 0 Å². The zero-order valence-corrected chi connectivity index (χ0v) is 63.0. The van der Waals surface area contributed by atoms with Gasteiger partial charge in [0.2, 0.25) is 0 Å². The third kappa shape index (κ3) is 9.95. The molecule has 0 unspecified atom stereocenters. The van der Waals surface area contributed by atoms with Crippen molar-refractivity contribution in [3.8, 4) is 22.7 Å². The molecule has 110 heavy (non-hydrogen) atoms. The Morgan fingerprint density at radius 3 is 0.636 bits per heavy atom. The number of para-hydroxylation sites is 6. The minimum Gasteiger partial charge on any atom is -0.309 e. The molecule has 0 radical (unpaired) electrons. The van der Waals surface area contributed by atoms with Crippen molar-refractivity contribution in [2.24, 2.45) is 0 Å². The Bertz CT molecular complexity index is 6540. The standard InChI is InChI=1S/C102H71N4OPSi2/c107-108(76-28-6-1-7-29-76,77-56-64-85(65-57-77)109(79-30-8-2-9-31-79,80-32-10-3-11-33-80)83-60-50-72(51-61-83)103-99-48-26-20-42-91(99)93-70-74(54-68-101(93)103)105-95-44-22-16-38-87(95)88-39-17-23-45-96(88)105)78-58-66-86(67-59-78)110(81-34-12-4-13-35-81,82-36-14-5-15-37-82)84-62-52-73(53-63-84)104-100-49-27-21-43-92(100)94-71-75(55-69-102(94)104)106-97-46-24-18-40-89(97)90-41-19-25-47-98(90)106/h1-71H. The average Bonchev–Trinajstić information content (AvgIpc) is 1.16. The van der Waals surface area contributed by atoms with Crippen LogP contribution in [-0.4, -0.2) is 34.4 Å². The number of nitrogens with zero attached hydrogens (tertiary/aromatic N) is 4. The fraction of sp³-hybridized carbons (Fsp3) is 0. The highest BCUT2D eigenvalue weighted by atomic mass is 31.2. The molecule has 21 aromatic rings. The summed E-state index contributed by atoms with van der Waals surface area (Å²) in [5.74, 6) is 0. The third-order valence-corrected chi connectivity index (χ3v) is 36.1. The lowest BCUT2D eigenvalue weighted by molar-refractivity contribution is 0.592. The molecule has 21 rings (SSSR count). The second kappa shape index (κ2) is 26.2. The van der Waals surface area contributed by atoms with E-state index < -0.39 is 23.3 Å². The zero-order valence-electron chi connectivity index (χ0n) is 60.1. The van der Waals surface area contributed by atoms with Crippen molar-refractivity contribution in [2.45, 2.75) is 0 Å². The van der Waals surface area contributed by atoms with Gasteiger partial charge in [-0.05, 0) is 139 Å². The Morgan fingerprint density at radius 1 is 0.164 bits per heavy atom. The van der Waals surface area contributed by atoms with E-state index in [1.807, 2.05) is 18.2 Å². The maximum absolute atomic E-state index is 17.2. The van der Waals surface area contributed by atoms with Crippen LogP contribution in [0.25, 0.3) is 110 Å². The van der Waals surface area contributed by atoms with Gasteiger partial charge in [0, 0.05) is 81.8 Å². The van der Waals surface area contributed by atoms with E-state index >= 15 is 4.57 Å². The van der Waals surface area contributed by atoms with Crippen LogP contribution in [0.2, 0.25) is 0 Å². The summed E-state index contributed by atoms with van der Waals surface area (Å²) in [4.78, 5) is 0. The first-order chi connectivity index (χ1) is 54.5. The molecule has 518 valence electrons. The summed E-state index contributed by atoms with van der Waals surface area (Å²) in [5, 5.41) is 22.1. The van der Waals surface area contributed by atoms with Gasteiger partial charge >= 0.3 is 0 Å². The molecule has 0 amide bonds. The van der Waals surface area contributed by atoms with Crippen LogP contribution < -0.4 is 57.4 Å². The molecule has 0 aliphatic heterocycles. The predicted octanol–water partition coefficient (Wildman–Crippen LogP) is 18.5. The van der Waals surface area contributed by atoms with Crippen molar-refractivity contribution in [1.29, 1.82) is 0 Å². The van der Waals surface area contributed by atoms with E-state index in [9.17, 15) is 0 Å². The van der Waals surface area contributed by atoms with E-state index in [1.165, 1.54) is 107 Å². The van der Waals surface area contributed by atoms with Crippen LogP contribution in [0.4, 0.5) is 0 Å². The van der Waals surface area contributed by atoms with E-state index in [4.69, 9.17) is 0 Å². The van der Waals surface area contributed by atoms with Crippen LogP contribution in [-0.2, 0) is 4.57 Å². The molecule has 5 nitrogen and oxygen atoms in total. The number of aromatic nitrogens is 4. The van der Waals surface area contributed by atoms with Crippen molar-refractivity contribution < 1.29 is 4.57 Å². The number of fused-ring (bicyclic) bond motifs is 12. The Hall–Kier alpha value is -13.4. The summed E-state index contributed by atoms with van der Waals surface area (Å²) >= 11 is 0. The first-order valence-electron chi connectivity index (χ1n) is 37.8. The van der Waals surface area contributed by atoms with Crippen molar-refractivity contribution in [2.75, 3.05) is 0 Å². The van der Waals surface area contributed by atoms with Crippen LogP contribution in [0.1, 0.15) is 0 Å². The molecular weight excluding hydrogens is 1380 g/mol. The van der Waals surface area contributed by atoms with Gasteiger partial charge in [-0.2, -0.15) is 0 Å². The van der Waals surface area contributed by atoms with Crippen molar-refractivity contribution in [3.05, 3.63) is 431 Å². The molecule has 0 aliphatic carbocycles. The second-order valence-corrected chi connectivity index (χ2v) is 39.3. The molecule has 0 atom stereocenters. The van der Waals surface area contributed by atoms with Crippen LogP contribution in [0, 0.1) is 0 Å². The van der Waals surface area contributed by atoms with E-state index in [0.29, 0.717) is 0 Å². The lowest BCUT2D eigenvalue weighted by Crippen LogP contribution is -2.74. The molecule has 0 spiro atoms. The zero-order chi connectivity index (χ0) is 72.9. The van der Waals surface area contributed by atoms with Gasteiger partial charge in [-0.25, -0.2) is 0 Å². The van der Waals surface area contributed by atoms with Crippen LogP contribution in [0.3, 0.4) is 0 Å². The summed E-state index contributed by atoms with van der Waals surface area (Å²) in [7, 11) is -9.83. The van der Waals surface area contributed by atoms with E-state index in [-0.39, 0.29) is 0 Å². The van der Waals surface area contributed by atoms with Gasteiger partial charge in [-0.3, -0.25) is 0 Å². The Labute approximate surface area is 639 Å². The van der Waals surface area contributed by atoms with Crippen molar-refractivity contribution in [1.82, 2.24) is 18.3 Å². The quantitative estimate of drug-likeness (QED) is 0.0572. The molecule has 0 saturated carbocycles. The molecule has 4 aromatic heterocycles. The van der Waals surface area contributed by atoms with E-state index in [2.05, 4.69) is 431 Å². The highest BCUT2D eigenvalue weighted by molar-refractivity contribution is 7.85. The molecule has 4 heterocycles. The van der Waals surface area contributed by atoms with Gasteiger partial charge in [0.15, 0.2) is 23.3 Å². The Kier molecular flexibility index (Phi) is 15.5. The first-order valence-corrected chi connectivity index (χ1v) is 43.5. The van der Waals surface area contributed by atoms with Crippen molar-refractivity contribution >= 4 is 168 Å². The summed E-state index contributed by atoms with van der Waals surface area (Å²) < 4.78 is 26.9. The van der Waals surface area contributed by atoms with Gasteiger partial charge < -0.3 is 22.8 Å². The number of hydrogen-bond acceptors (Lipinski definition) is 1. The minimum absolute atomic E-state index is 0.783. The lowest BCUT2D eigenvalue weighted by atomic mass is 10.1. The summed E-state index contributed by atoms with van der Waals surface area (Å²) in [6.07, 6.45) is 0. The molecular formula is C102H71N4OPSi2. The van der Waals surface area contributed by atoms with E-state index in [1.54, 1.807) is 0 Å². The molecule has 0 fully saturated rings. The fourth-order valence-corrected chi connectivity index (χ4v) is 30.6. The summed E-state index contributed by atoms with van der Waals surface area (Å²) in [6.45, 7) is 0. The Balaban J connectivity index is 0.670. The first kappa shape index (κ1) is 64.9. The van der Waals surface area contributed by atoms with Gasteiger partial charge in [0.1, 0.15) is 0 Å². The maximum Gasteiger partial charge on any atom is 0.179 e. The molecule has 0 saturated heterocycles. The molecule has 17 aromatic carbocycles. The predicted molar refractivity (Wildman–Crippen MR) is 470 cm³/mol. The monoisotopic (exact) mass is 1450 g/mol. The highest BCUT2D eigenvalue weighted by Crippen LogP contribution is 2.44. The molecule has 0 bridgehead atoms. The molecule has 8 heteroatoms. The number of benzene rings is 17. The highest BCUT2D eigenvalue weighted by Gasteiger charge is 2.44. The van der Waals surface area contributed by atoms with Crippen LogP contribution >= 0.6 is 7.14 Å². The Morgan fingerprint density at radius 2 is 0.355 bits per heavy atom. The smallest absolute Gasteiger partial charge is 0.179 e. The maximum atomic E-state index is 17.2. The number of hydrogen-bond donors (Lipinski definition) is 0. The third-order valence-electron chi connectivity index (χ3n) is 23.4. The normalized spacial score (nSPS) is 12.2. The van der Waals surface area contributed by atoms with Gasteiger partial charge in [-0.1, -0.05) is 334 Å².